The van der Waals surface area contributed by atoms with Crippen molar-refractivity contribution in [3.8, 4) is 11.3 Å². The number of halogens is 2. The Morgan fingerprint density at radius 2 is 1.96 bits per heavy atom. The van der Waals surface area contributed by atoms with E-state index in [1.165, 1.54) is 0 Å². The lowest BCUT2D eigenvalue weighted by atomic mass is 9.79. The van der Waals surface area contributed by atoms with Gasteiger partial charge in [-0.25, -0.2) is 0 Å². The Balaban J connectivity index is 1.52. The maximum Gasteiger partial charge on any atom is 0.287 e. The van der Waals surface area contributed by atoms with Gasteiger partial charge in [0.25, 0.3) is 5.91 Å². The minimum atomic E-state index is -0.171. The summed E-state index contributed by atoms with van der Waals surface area (Å²) in [6.07, 6.45) is 2.30. The number of hydrogen-bond acceptors (Lipinski definition) is 3. The van der Waals surface area contributed by atoms with E-state index in [4.69, 9.17) is 27.6 Å². The van der Waals surface area contributed by atoms with Crippen LogP contribution in [0.4, 0.5) is 0 Å². The summed E-state index contributed by atoms with van der Waals surface area (Å²) in [5.74, 6) is 1.23. The maximum atomic E-state index is 12.6. The van der Waals surface area contributed by atoms with Crippen molar-refractivity contribution in [1.29, 1.82) is 0 Å². The third-order valence-electron chi connectivity index (χ3n) is 5.50. The monoisotopic (exact) mass is 378 g/mol. The van der Waals surface area contributed by atoms with Crippen molar-refractivity contribution < 1.29 is 9.21 Å². The second kappa shape index (κ2) is 6.67. The molecule has 25 heavy (non-hydrogen) atoms. The third-order valence-corrected chi connectivity index (χ3v) is 6.06. The van der Waals surface area contributed by atoms with Gasteiger partial charge in [0.2, 0.25) is 0 Å². The highest BCUT2D eigenvalue weighted by Gasteiger charge is 2.40. The van der Waals surface area contributed by atoms with Crippen LogP contribution >= 0.6 is 23.2 Å². The molecule has 2 atom stereocenters. The predicted molar refractivity (Wildman–Crippen MR) is 99.2 cm³/mol. The lowest BCUT2D eigenvalue weighted by molar-refractivity contribution is 0.0211. The van der Waals surface area contributed by atoms with Crippen molar-refractivity contribution in [3.63, 3.8) is 0 Å². The molecule has 0 saturated carbocycles. The number of benzene rings is 1. The molecule has 1 aromatic heterocycles. The molecule has 132 valence electrons. The van der Waals surface area contributed by atoms with Gasteiger partial charge in [0.05, 0.1) is 5.02 Å². The van der Waals surface area contributed by atoms with E-state index in [1.54, 1.807) is 30.3 Å². The van der Waals surface area contributed by atoms with Gasteiger partial charge in [0, 0.05) is 22.7 Å². The van der Waals surface area contributed by atoms with Crippen LogP contribution in [-0.4, -0.2) is 36.0 Å². The van der Waals surface area contributed by atoms with Gasteiger partial charge in [-0.3, -0.25) is 9.69 Å². The van der Waals surface area contributed by atoms with E-state index >= 15 is 0 Å². The SMILES string of the molecule is C[C@H]1[C@H](NC(=O)c2ccc(-c3cc(Cl)ccc3Cl)o2)C2CCN1CC2. The zero-order chi connectivity index (χ0) is 17.6. The van der Waals surface area contributed by atoms with E-state index in [0.717, 1.165) is 25.9 Å². The Hall–Kier alpha value is -1.49. The Labute approximate surface area is 157 Å². The summed E-state index contributed by atoms with van der Waals surface area (Å²) in [6.45, 7) is 4.46. The molecule has 0 spiro atoms. The fraction of sp³-hybridized carbons (Fsp3) is 0.421. The van der Waals surface area contributed by atoms with Crippen molar-refractivity contribution in [2.75, 3.05) is 13.1 Å². The molecule has 4 nitrogen and oxygen atoms in total. The van der Waals surface area contributed by atoms with E-state index in [9.17, 15) is 4.79 Å². The molecule has 2 aromatic rings. The molecule has 0 radical (unpaired) electrons. The number of amides is 1. The fourth-order valence-corrected chi connectivity index (χ4v) is 4.44. The molecule has 2 bridgehead atoms. The van der Waals surface area contributed by atoms with Crippen LogP contribution in [0, 0.1) is 5.92 Å². The first-order valence-electron chi connectivity index (χ1n) is 8.63. The van der Waals surface area contributed by atoms with Crippen LogP contribution < -0.4 is 5.32 Å². The molecule has 5 rings (SSSR count). The normalized spacial score (nSPS) is 28.1. The van der Waals surface area contributed by atoms with Crippen LogP contribution in [0.3, 0.4) is 0 Å². The van der Waals surface area contributed by atoms with Crippen molar-refractivity contribution in [2.45, 2.75) is 31.8 Å². The fourth-order valence-electron chi connectivity index (χ4n) is 4.06. The predicted octanol–water partition coefficient (Wildman–Crippen LogP) is 4.47. The number of carbonyl (C=O) groups excluding carboxylic acids is 1. The highest BCUT2D eigenvalue weighted by molar-refractivity contribution is 6.35. The molecule has 1 amide bonds. The van der Waals surface area contributed by atoms with Gasteiger partial charge in [0.15, 0.2) is 5.76 Å². The minimum absolute atomic E-state index is 0.171. The van der Waals surface area contributed by atoms with Gasteiger partial charge in [-0.15, -0.1) is 0 Å². The third kappa shape index (κ3) is 3.19. The van der Waals surface area contributed by atoms with Crippen LogP contribution in [0.2, 0.25) is 10.0 Å². The molecule has 3 fully saturated rings. The first-order valence-corrected chi connectivity index (χ1v) is 9.38. The molecule has 3 saturated heterocycles. The molecule has 0 unspecified atom stereocenters. The molecule has 6 heteroatoms. The van der Waals surface area contributed by atoms with Crippen LogP contribution in [-0.2, 0) is 0 Å². The topological polar surface area (TPSA) is 45.5 Å². The zero-order valence-electron chi connectivity index (χ0n) is 14.0. The van der Waals surface area contributed by atoms with Gasteiger partial charge < -0.3 is 9.73 Å². The summed E-state index contributed by atoms with van der Waals surface area (Å²) in [6, 6.07) is 9.17. The Kier molecular flexibility index (Phi) is 4.52. The number of fused-ring (bicyclic) bond motifs is 3. The first-order chi connectivity index (χ1) is 12.0. The number of nitrogens with zero attached hydrogens (tertiary/aromatic N) is 1. The van der Waals surface area contributed by atoms with Gasteiger partial charge in [-0.1, -0.05) is 23.2 Å². The molecular formula is C19H20Cl2N2O2. The smallest absolute Gasteiger partial charge is 0.287 e. The average molecular weight is 379 g/mol. The highest BCUT2D eigenvalue weighted by atomic mass is 35.5. The summed E-state index contributed by atoms with van der Waals surface area (Å²) in [5, 5.41) is 4.28. The van der Waals surface area contributed by atoms with Crippen molar-refractivity contribution >= 4 is 29.1 Å². The molecule has 4 heterocycles. The lowest BCUT2D eigenvalue weighted by Crippen LogP contribution is -2.62. The number of carbonyl (C=O) groups is 1. The molecular weight excluding hydrogens is 359 g/mol. The summed E-state index contributed by atoms with van der Waals surface area (Å²) >= 11 is 12.2. The van der Waals surface area contributed by atoms with E-state index < -0.39 is 0 Å². The maximum absolute atomic E-state index is 12.6. The standard InChI is InChI=1S/C19H20Cl2N2O2/c1-11-18(12-6-8-23(11)9-7-12)22-19(24)17-5-4-16(25-17)14-10-13(20)2-3-15(14)21/h2-5,10-12,18H,6-9H2,1H3,(H,22,24)/t11-,18-/m0/s1. The van der Waals surface area contributed by atoms with Crippen LogP contribution in [0.1, 0.15) is 30.3 Å². The van der Waals surface area contributed by atoms with E-state index in [2.05, 4.69) is 17.1 Å². The first kappa shape index (κ1) is 17.0. The second-order valence-corrected chi connectivity index (χ2v) is 7.74. The number of piperidine rings is 3. The zero-order valence-corrected chi connectivity index (χ0v) is 15.5. The van der Waals surface area contributed by atoms with Gasteiger partial charge in [-0.05, 0) is 69.1 Å². The van der Waals surface area contributed by atoms with Crippen LogP contribution in [0.25, 0.3) is 11.3 Å². The lowest BCUT2D eigenvalue weighted by Gasteiger charge is -2.49. The molecule has 1 aromatic carbocycles. The van der Waals surface area contributed by atoms with Gasteiger partial charge >= 0.3 is 0 Å². The number of hydrogen-bond donors (Lipinski definition) is 1. The summed E-state index contributed by atoms with van der Waals surface area (Å²) < 4.78 is 5.76. The van der Waals surface area contributed by atoms with Crippen LogP contribution in [0.15, 0.2) is 34.7 Å². The Morgan fingerprint density at radius 3 is 2.68 bits per heavy atom. The summed E-state index contributed by atoms with van der Waals surface area (Å²) in [4.78, 5) is 15.1. The second-order valence-electron chi connectivity index (χ2n) is 6.90. The Morgan fingerprint density at radius 1 is 1.20 bits per heavy atom. The largest absolute Gasteiger partial charge is 0.451 e. The summed E-state index contributed by atoms with van der Waals surface area (Å²) in [5.41, 5.74) is 0.685. The van der Waals surface area contributed by atoms with Crippen molar-refractivity contribution in [1.82, 2.24) is 10.2 Å². The Bertz CT molecular complexity index is 794. The highest BCUT2D eigenvalue weighted by Crippen LogP contribution is 2.34. The van der Waals surface area contributed by atoms with E-state index in [0.29, 0.717) is 39.1 Å². The number of nitrogens with one attached hydrogen (secondary N) is 1. The molecule has 3 aliphatic heterocycles. The quantitative estimate of drug-likeness (QED) is 0.856. The van der Waals surface area contributed by atoms with Gasteiger partial charge in [0.1, 0.15) is 5.76 Å². The van der Waals surface area contributed by atoms with E-state index in [-0.39, 0.29) is 11.9 Å². The minimum Gasteiger partial charge on any atom is -0.451 e. The van der Waals surface area contributed by atoms with E-state index in [1.807, 2.05) is 0 Å². The number of furan rings is 1. The summed E-state index contributed by atoms with van der Waals surface area (Å²) in [7, 11) is 0. The average Bonchev–Trinajstić information content (AvgIpc) is 3.10. The van der Waals surface area contributed by atoms with Gasteiger partial charge in [-0.2, -0.15) is 0 Å². The number of rotatable bonds is 3. The van der Waals surface area contributed by atoms with Crippen molar-refractivity contribution in [3.05, 3.63) is 46.1 Å². The molecule has 3 aliphatic rings. The van der Waals surface area contributed by atoms with Crippen molar-refractivity contribution in [2.24, 2.45) is 5.92 Å². The molecule has 0 aliphatic carbocycles. The van der Waals surface area contributed by atoms with Crippen LogP contribution in [0.5, 0.6) is 0 Å². The molecule has 1 N–H and O–H groups in total.